The second-order valence-electron chi connectivity index (χ2n) is 10.6. The van der Waals surface area contributed by atoms with Gasteiger partial charge in [-0.1, -0.05) is 111 Å². The van der Waals surface area contributed by atoms with Crippen LogP contribution in [0.1, 0.15) is 30.9 Å². The zero-order chi connectivity index (χ0) is 26.5. The molecule has 0 spiro atoms. The Hall–Kier alpha value is -4.93. The predicted octanol–water partition coefficient (Wildman–Crippen LogP) is 10.6. The molecule has 0 radical (unpaired) electrons. The van der Waals surface area contributed by atoms with E-state index in [1.165, 1.54) is 65.7 Å². The van der Waals surface area contributed by atoms with Crippen LogP contribution in [0.3, 0.4) is 0 Å². The Labute approximate surface area is 228 Å². The summed E-state index contributed by atoms with van der Waals surface area (Å²) in [7, 11) is 0. The monoisotopic (exact) mass is 497 g/mol. The number of rotatable bonds is 4. The molecule has 0 fully saturated rings. The number of hydrogen-bond acceptors (Lipinski definition) is 1. The highest BCUT2D eigenvalue weighted by Gasteiger charge is 2.21. The fourth-order valence-corrected chi connectivity index (χ4v) is 6.18. The van der Waals surface area contributed by atoms with Crippen LogP contribution in [0.15, 0.2) is 121 Å². The standard InChI is InChI=1S/C38H27N/c1-24(2)33-21-36-35(27-11-7-4-8-12-27)22-34(26-9-5-3-6-10-26)32-20-19-30-29(17-18-31(33)37(30)38(32)36)28-15-13-25(23-39)14-16-28/h3-22,24H,1-2H3. The molecule has 1 heteroatoms. The van der Waals surface area contributed by atoms with Crippen LogP contribution in [-0.2, 0) is 0 Å². The van der Waals surface area contributed by atoms with Gasteiger partial charge in [0, 0.05) is 0 Å². The summed E-state index contributed by atoms with van der Waals surface area (Å²) < 4.78 is 0. The maximum absolute atomic E-state index is 9.33. The van der Waals surface area contributed by atoms with Crippen molar-refractivity contribution in [3.05, 3.63) is 132 Å². The number of benzene rings is 7. The molecule has 0 aliphatic heterocycles. The average molecular weight is 498 g/mol. The molecule has 7 aromatic carbocycles. The minimum absolute atomic E-state index is 0.384. The van der Waals surface area contributed by atoms with Crippen molar-refractivity contribution in [2.45, 2.75) is 19.8 Å². The van der Waals surface area contributed by atoms with Gasteiger partial charge in [-0.2, -0.15) is 5.26 Å². The van der Waals surface area contributed by atoms with Crippen molar-refractivity contribution in [3.63, 3.8) is 0 Å². The van der Waals surface area contributed by atoms with E-state index in [-0.39, 0.29) is 0 Å². The number of nitriles is 1. The summed E-state index contributed by atoms with van der Waals surface area (Å²) in [4.78, 5) is 0. The van der Waals surface area contributed by atoms with E-state index in [2.05, 4.69) is 129 Å². The van der Waals surface area contributed by atoms with Gasteiger partial charge in [-0.15, -0.1) is 0 Å². The van der Waals surface area contributed by atoms with E-state index >= 15 is 0 Å². The Morgan fingerprint density at radius 3 is 1.59 bits per heavy atom. The maximum Gasteiger partial charge on any atom is 0.0991 e. The smallest absolute Gasteiger partial charge is 0.0991 e. The van der Waals surface area contributed by atoms with Gasteiger partial charge in [-0.3, -0.25) is 0 Å². The summed E-state index contributed by atoms with van der Waals surface area (Å²) in [5.41, 5.74) is 9.36. The van der Waals surface area contributed by atoms with E-state index in [1.807, 2.05) is 12.1 Å². The first kappa shape index (κ1) is 23.2. The van der Waals surface area contributed by atoms with Crippen LogP contribution < -0.4 is 0 Å². The average Bonchev–Trinajstić information content (AvgIpc) is 3.00. The van der Waals surface area contributed by atoms with Crippen molar-refractivity contribution < 1.29 is 0 Å². The molecule has 0 aliphatic rings. The summed E-state index contributed by atoms with van der Waals surface area (Å²) in [6.45, 7) is 4.58. The van der Waals surface area contributed by atoms with Gasteiger partial charge in [-0.05, 0) is 101 Å². The second kappa shape index (κ2) is 9.12. The highest BCUT2D eigenvalue weighted by molar-refractivity contribution is 6.30. The quantitative estimate of drug-likeness (QED) is 0.222. The topological polar surface area (TPSA) is 23.8 Å². The van der Waals surface area contributed by atoms with E-state index in [0.717, 1.165) is 5.56 Å². The highest BCUT2D eigenvalue weighted by Crippen LogP contribution is 2.47. The summed E-state index contributed by atoms with van der Waals surface area (Å²) in [5.74, 6) is 0.384. The first-order chi connectivity index (χ1) is 19.1. The van der Waals surface area contributed by atoms with E-state index in [9.17, 15) is 5.26 Å². The molecule has 0 N–H and O–H groups in total. The van der Waals surface area contributed by atoms with Crippen molar-refractivity contribution in [3.8, 4) is 39.4 Å². The SMILES string of the molecule is CC(C)c1cc2c(-c3ccccc3)cc(-c3ccccc3)c3ccc4c(-c5ccc(C#N)cc5)ccc1c4c32. The van der Waals surface area contributed by atoms with Crippen molar-refractivity contribution in [2.24, 2.45) is 0 Å². The van der Waals surface area contributed by atoms with Crippen molar-refractivity contribution >= 4 is 32.3 Å². The van der Waals surface area contributed by atoms with Crippen LogP contribution in [0, 0.1) is 11.3 Å². The number of hydrogen-bond donors (Lipinski definition) is 0. The molecule has 0 unspecified atom stereocenters. The lowest BCUT2D eigenvalue weighted by Crippen LogP contribution is -1.97. The Kier molecular flexibility index (Phi) is 5.43. The first-order valence-corrected chi connectivity index (χ1v) is 13.5. The molecule has 184 valence electrons. The fourth-order valence-electron chi connectivity index (χ4n) is 6.18. The van der Waals surface area contributed by atoms with Gasteiger partial charge < -0.3 is 0 Å². The maximum atomic E-state index is 9.33. The van der Waals surface area contributed by atoms with Crippen LogP contribution >= 0.6 is 0 Å². The van der Waals surface area contributed by atoms with Crippen LogP contribution in [-0.4, -0.2) is 0 Å². The fraction of sp³-hybridized carbons (Fsp3) is 0.0789. The van der Waals surface area contributed by atoms with Crippen LogP contribution in [0.25, 0.3) is 65.7 Å². The molecule has 39 heavy (non-hydrogen) atoms. The largest absolute Gasteiger partial charge is 0.192 e. The van der Waals surface area contributed by atoms with Crippen LogP contribution in [0.4, 0.5) is 0 Å². The van der Waals surface area contributed by atoms with Crippen molar-refractivity contribution in [2.75, 3.05) is 0 Å². The Morgan fingerprint density at radius 2 is 1.00 bits per heavy atom. The molecule has 0 aliphatic carbocycles. The van der Waals surface area contributed by atoms with E-state index < -0.39 is 0 Å². The molecule has 0 aromatic heterocycles. The van der Waals surface area contributed by atoms with E-state index in [4.69, 9.17) is 0 Å². The van der Waals surface area contributed by atoms with Gasteiger partial charge in [0.25, 0.3) is 0 Å². The molecule has 7 rings (SSSR count). The van der Waals surface area contributed by atoms with Crippen LogP contribution in [0.2, 0.25) is 0 Å². The third-order valence-electron chi connectivity index (χ3n) is 8.05. The van der Waals surface area contributed by atoms with Gasteiger partial charge in [-0.25, -0.2) is 0 Å². The molecule has 1 nitrogen and oxygen atoms in total. The van der Waals surface area contributed by atoms with Crippen molar-refractivity contribution in [1.82, 2.24) is 0 Å². The second-order valence-corrected chi connectivity index (χ2v) is 10.6. The third-order valence-corrected chi connectivity index (χ3v) is 8.05. The first-order valence-electron chi connectivity index (χ1n) is 13.5. The van der Waals surface area contributed by atoms with Gasteiger partial charge in [0.05, 0.1) is 11.6 Å². The summed E-state index contributed by atoms with van der Waals surface area (Å²) in [6, 6.07) is 45.7. The van der Waals surface area contributed by atoms with Gasteiger partial charge in [0.15, 0.2) is 0 Å². The number of nitrogens with zero attached hydrogens (tertiary/aromatic N) is 1. The lowest BCUT2D eigenvalue weighted by atomic mass is 9.81. The summed E-state index contributed by atoms with van der Waals surface area (Å²) in [6.07, 6.45) is 0. The third kappa shape index (κ3) is 3.69. The normalized spacial score (nSPS) is 11.5. The molecule has 7 aromatic rings. The Balaban J connectivity index is 1.68. The molecular weight excluding hydrogens is 470 g/mol. The minimum atomic E-state index is 0.384. The highest BCUT2D eigenvalue weighted by atomic mass is 14.2. The van der Waals surface area contributed by atoms with Gasteiger partial charge >= 0.3 is 0 Å². The molecular formula is C38H27N. The molecule has 0 bridgehead atoms. The van der Waals surface area contributed by atoms with Gasteiger partial charge in [0.2, 0.25) is 0 Å². The summed E-state index contributed by atoms with van der Waals surface area (Å²) in [5, 5.41) is 17.1. The molecule has 0 saturated carbocycles. The Bertz CT molecular complexity index is 2010. The van der Waals surface area contributed by atoms with Crippen LogP contribution in [0.5, 0.6) is 0 Å². The minimum Gasteiger partial charge on any atom is -0.192 e. The lowest BCUT2D eigenvalue weighted by Gasteiger charge is -2.22. The zero-order valence-electron chi connectivity index (χ0n) is 22.1. The molecule has 0 amide bonds. The van der Waals surface area contributed by atoms with E-state index in [0.29, 0.717) is 11.5 Å². The lowest BCUT2D eigenvalue weighted by molar-refractivity contribution is 0.878. The molecule has 0 heterocycles. The summed E-state index contributed by atoms with van der Waals surface area (Å²) >= 11 is 0. The molecule has 0 atom stereocenters. The Morgan fingerprint density at radius 1 is 0.487 bits per heavy atom. The van der Waals surface area contributed by atoms with E-state index in [1.54, 1.807) is 0 Å². The zero-order valence-corrected chi connectivity index (χ0v) is 22.1. The van der Waals surface area contributed by atoms with Gasteiger partial charge in [0.1, 0.15) is 0 Å². The molecule has 0 saturated heterocycles. The van der Waals surface area contributed by atoms with Crippen molar-refractivity contribution in [1.29, 1.82) is 5.26 Å². The predicted molar refractivity (Wildman–Crippen MR) is 165 cm³/mol.